The zero-order chi connectivity index (χ0) is 15.4. The molecule has 0 spiro atoms. The maximum absolute atomic E-state index is 6.03. The van der Waals surface area contributed by atoms with Crippen molar-refractivity contribution in [2.75, 3.05) is 12.3 Å². The van der Waals surface area contributed by atoms with E-state index in [1.54, 1.807) is 17.4 Å². The summed E-state index contributed by atoms with van der Waals surface area (Å²) in [5, 5.41) is 3.00. The summed E-state index contributed by atoms with van der Waals surface area (Å²) in [6.07, 6.45) is 1.69. The highest BCUT2D eigenvalue weighted by Gasteiger charge is 2.08. The van der Waals surface area contributed by atoms with Gasteiger partial charge in [0.25, 0.3) is 0 Å². The Labute approximate surface area is 133 Å². The first kappa shape index (κ1) is 14.4. The number of ether oxygens (including phenoxy) is 1. The van der Waals surface area contributed by atoms with E-state index in [1.165, 1.54) is 0 Å². The maximum atomic E-state index is 6.03. The highest BCUT2D eigenvalue weighted by molar-refractivity contribution is 7.13. The summed E-state index contributed by atoms with van der Waals surface area (Å²) in [5.74, 6) is 0.670. The number of hydrogen-bond acceptors (Lipinski definition) is 4. The van der Waals surface area contributed by atoms with Crippen LogP contribution in [0, 0.1) is 0 Å². The van der Waals surface area contributed by atoms with Crippen molar-refractivity contribution < 1.29 is 4.74 Å². The lowest BCUT2D eigenvalue weighted by Crippen LogP contribution is -1.97. The van der Waals surface area contributed by atoms with Gasteiger partial charge in [-0.05, 0) is 18.2 Å². The number of rotatable bonds is 5. The topological polar surface area (TPSA) is 48.1 Å². The third-order valence-corrected chi connectivity index (χ3v) is 4.08. The lowest BCUT2D eigenvalue weighted by Gasteiger charge is -2.07. The van der Waals surface area contributed by atoms with Crippen molar-refractivity contribution in [1.82, 2.24) is 4.98 Å². The second-order valence-electron chi connectivity index (χ2n) is 4.76. The van der Waals surface area contributed by atoms with Crippen molar-refractivity contribution in [3.05, 3.63) is 66.6 Å². The molecule has 3 rings (SSSR count). The van der Waals surface area contributed by atoms with Crippen LogP contribution in [0.15, 0.2) is 66.6 Å². The number of nitrogens with zero attached hydrogens (tertiary/aromatic N) is 1. The number of nitrogen functional groups attached to an aromatic ring is 1. The van der Waals surface area contributed by atoms with Crippen LogP contribution in [0.1, 0.15) is 0 Å². The highest BCUT2D eigenvalue weighted by atomic mass is 32.1. The summed E-state index contributed by atoms with van der Waals surface area (Å²) >= 11 is 1.61. The van der Waals surface area contributed by atoms with Gasteiger partial charge in [-0.3, -0.25) is 0 Å². The number of hydrogen-bond donors (Lipinski definition) is 1. The van der Waals surface area contributed by atoms with Crippen LogP contribution in [0.3, 0.4) is 0 Å². The molecule has 1 aromatic heterocycles. The van der Waals surface area contributed by atoms with E-state index in [2.05, 4.69) is 29.1 Å². The molecule has 2 N–H and O–H groups in total. The quantitative estimate of drug-likeness (QED) is 0.552. The van der Waals surface area contributed by atoms with E-state index in [4.69, 9.17) is 10.5 Å². The first-order chi connectivity index (χ1) is 10.8. The molecule has 0 radical (unpaired) electrons. The molecule has 0 fully saturated rings. The predicted octanol–water partition coefficient (Wildman–Crippen LogP) is 4.62. The summed E-state index contributed by atoms with van der Waals surface area (Å²) in [6, 6.07) is 15.9. The van der Waals surface area contributed by atoms with Gasteiger partial charge >= 0.3 is 0 Å². The van der Waals surface area contributed by atoms with Gasteiger partial charge in [-0.1, -0.05) is 43.0 Å². The molecule has 110 valence electrons. The SMILES string of the molecule is C=CCOc1ccc(-c2nc(-c3ccccc3)cs2)cc1N. The minimum absolute atomic E-state index is 0.443. The monoisotopic (exact) mass is 308 g/mol. The Balaban J connectivity index is 1.87. The summed E-state index contributed by atoms with van der Waals surface area (Å²) < 4.78 is 5.49. The fourth-order valence-corrected chi connectivity index (χ4v) is 2.94. The molecule has 1 heterocycles. The molecular weight excluding hydrogens is 292 g/mol. The van der Waals surface area contributed by atoms with Crippen molar-refractivity contribution in [1.29, 1.82) is 0 Å². The highest BCUT2D eigenvalue weighted by Crippen LogP contribution is 2.32. The Morgan fingerprint density at radius 1 is 1.14 bits per heavy atom. The van der Waals surface area contributed by atoms with Crippen molar-refractivity contribution in [3.63, 3.8) is 0 Å². The van der Waals surface area contributed by atoms with Gasteiger partial charge in [0.15, 0.2) is 0 Å². The minimum atomic E-state index is 0.443. The second-order valence-corrected chi connectivity index (χ2v) is 5.61. The van der Waals surface area contributed by atoms with Crippen LogP contribution in [0.5, 0.6) is 5.75 Å². The molecule has 3 nitrogen and oxygen atoms in total. The van der Waals surface area contributed by atoms with Crippen LogP contribution in [0.4, 0.5) is 5.69 Å². The standard InChI is InChI=1S/C18H16N2OS/c1-2-10-21-17-9-8-14(11-15(17)19)18-20-16(12-22-18)13-6-4-3-5-7-13/h2-9,11-12H,1,10,19H2. The average Bonchev–Trinajstić information content (AvgIpc) is 3.04. The van der Waals surface area contributed by atoms with Crippen LogP contribution in [-0.4, -0.2) is 11.6 Å². The van der Waals surface area contributed by atoms with Crippen LogP contribution in [-0.2, 0) is 0 Å². The number of benzene rings is 2. The van der Waals surface area contributed by atoms with E-state index in [-0.39, 0.29) is 0 Å². The average molecular weight is 308 g/mol. The van der Waals surface area contributed by atoms with Gasteiger partial charge in [0.1, 0.15) is 17.4 Å². The summed E-state index contributed by atoms with van der Waals surface area (Å²) in [5.41, 5.74) is 9.73. The van der Waals surface area contributed by atoms with Gasteiger partial charge in [0.05, 0.1) is 11.4 Å². The van der Waals surface area contributed by atoms with Gasteiger partial charge in [-0.25, -0.2) is 4.98 Å². The van der Waals surface area contributed by atoms with E-state index in [0.29, 0.717) is 18.0 Å². The molecule has 0 bridgehead atoms. The van der Waals surface area contributed by atoms with E-state index in [0.717, 1.165) is 21.8 Å². The number of thiazole rings is 1. The van der Waals surface area contributed by atoms with Crippen molar-refractivity contribution in [3.8, 4) is 27.6 Å². The third kappa shape index (κ3) is 3.02. The molecule has 0 aliphatic heterocycles. The largest absolute Gasteiger partial charge is 0.487 e. The van der Waals surface area contributed by atoms with Crippen molar-refractivity contribution in [2.45, 2.75) is 0 Å². The normalized spacial score (nSPS) is 10.4. The molecule has 0 saturated heterocycles. The smallest absolute Gasteiger partial charge is 0.142 e. The van der Waals surface area contributed by atoms with Gasteiger partial charge in [-0.2, -0.15) is 0 Å². The summed E-state index contributed by atoms with van der Waals surface area (Å²) in [7, 11) is 0. The van der Waals surface area contributed by atoms with Crippen molar-refractivity contribution >= 4 is 17.0 Å². The molecule has 0 saturated carbocycles. The Morgan fingerprint density at radius 3 is 2.68 bits per heavy atom. The third-order valence-electron chi connectivity index (χ3n) is 3.19. The maximum Gasteiger partial charge on any atom is 0.142 e. The van der Waals surface area contributed by atoms with Crippen molar-refractivity contribution in [2.24, 2.45) is 0 Å². The van der Waals surface area contributed by atoms with Gasteiger partial charge in [0, 0.05) is 16.5 Å². The van der Waals surface area contributed by atoms with Crippen LogP contribution in [0.2, 0.25) is 0 Å². The fraction of sp³-hybridized carbons (Fsp3) is 0.0556. The molecule has 0 unspecified atom stereocenters. The van der Waals surface area contributed by atoms with Crippen LogP contribution >= 0.6 is 11.3 Å². The lowest BCUT2D eigenvalue weighted by molar-refractivity contribution is 0.365. The Bertz CT molecular complexity index is 781. The minimum Gasteiger partial charge on any atom is -0.487 e. The van der Waals surface area contributed by atoms with E-state index in [9.17, 15) is 0 Å². The Kier molecular flexibility index (Phi) is 4.21. The Morgan fingerprint density at radius 2 is 1.95 bits per heavy atom. The van der Waals surface area contributed by atoms with E-state index < -0.39 is 0 Å². The number of aromatic nitrogens is 1. The molecule has 0 aliphatic carbocycles. The molecule has 3 aromatic rings. The first-order valence-electron chi connectivity index (χ1n) is 6.92. The zero-order valence-corrected chi connectivity index (χ0v) is 12.8. The molecule has 22 heavy (non-hydrogen) atoms. The van der Waals surface area contributed by atoms with Gasteiger partial charge in [0.2, 0.25) is 0 Å². The molecule has 0 aliphatic rings. The summed E-state index contributed by atoms with van der Waals surface area (Å²) in [4.78, 5) is 4.69. The van der Waals surface area contributed by atoms with Crippen LogP contribution < -0.4 is 10.5 Å². The van der Waals surface area contributed by atoms with Gasteiger partial charge in [-0.15, -0.1) is 11.3 Å². The van der Waals surface area contributed by atoms with Gasteiger partial charge < -0.3 is 10.5 Å². The number of anilines is 1. The zero-order valence-electron chi connectivity index (χ0n) is 12.0. The Hall–Kier alpha value is -2.59. The molecule has 2 aromatic carbocycles. The first-order valence-corrected chi connectivity index (χ1v) is 7.80. The summed E-state index contributed by atoms with van der Waals surface area (Å²) in [6.45, 7) is 4.07. The number of nitrogens with two attached hydrogens (primary N) is 1. The second kappa shape index (κ2) is 6.45. The van der Waals surface area contributed by atoms with E-state index in [1.807, 2.05) is 36.4 Å². The fourth-order valence-electron chi connectivity index (χ4n) is 2.11. The predicted molar refractivity (Wildman–Crippen MR) is 93.1 cm³/mol. The van der Waals surface area contributed by atoms with Crippen LogP contribution in [0.25, 0.3) is 21.8 Å². The molecular formula is C18H16N2OS. The van der Waals surface area contributed by atoms with E-state index >= 15 is 0 Å². The molecule has 4 heteroatoms. The lowest BCUT2D eigenvalue weighted by atomic mass is 10.1. The molecule has 0 amide bonds. The molecule has 0 atom stereocenters.